The summed E-state index contributed by atoms with van der Waals surface area (Å²) in [5.74, 6) is 0.411. The minimum Gasteiger partial charge on any atom is -0.474 e. The molecule has 2 aliphatic rings. The normalized spacial score (nSPS) is 23.5. The second-order valence-electron chi connectivity index (χ2n) is 8.94. The summed E-state index contributed by atoms with van der Waals surface area (Å²) in [5, 5.41) is 1.69. The fourth-order valence-corrected chi connectivity index (χ4v) is 4.53. The highest BCUT2D eigenvalue weighted by atomic mass is 19.4. The predicted molar refractivity (Wildman–Crippen MR) is 115 cm³/mol. The summed E-state index contributed by atoms with van der Waals surface area (Å²) in [5.41, 5.74) is -1.43. The maximum Gasteiger partial charge on any atom is 0.417 e. The van der Waals surface area contributed by atoms with Gasteiger partial charge in [0.05, 0.1) is 17.7 Å². The molecule has 1 unspecified atom stereocenters. The molecule has 3 atom stereocenters. The maximum absolute atomic E-state index is 13.2. The zero-order valence-electron chi connectivity index (χ0n) is 19.6. The number of pyridine rings is 1. The fraction of sp³-hybridized carbons (Fsp3) is 0.542. The number of hydrogen-bond donors (Lipinski definition) is 0. The van der Waals surface area contributed by atoms with Gasteiger partial charge in [-0.1, -0.05) is 0 Å². The largest absolute Gasteiger partial charge is 0.474 e. The van der Waals surface area contributed by atoms with Crippen molar-refractivity contribution in [1.29, 1.82) is 0 Å². The SMILES string of the molecule is COC(C)OCc1cc(C(F)(F)F)ccc1ON1C[C@H]2CC[C@H](C1)C2Oc1ccc(C(F)(F)F)cn1. The number of methoxy groups -OCH3 is 1. The van der Waals surface area contributed by atoms with Crippen molar-refractivity contribution in [3.05, 3.63) is 53.2 Å². The molecule has 1 aromatic heterocycles. The van der Waals surface area contributed by atoms with Gasteiger partial charge in [-0.25, -0.2) is 4.98 Å². The van der Waals surface area contributed by atoms with Crippen molar-refractivity contribution in [3.63, 3.8) is 0 Å². The van der Waals surface area contributed by atoms with E-state index in [1.807, 2.05) is 0 Å². The van der Waals surface area contributed by atoms with Crippen LogP contribution in [0.2, 0.25) is 0 Å². The molecule has 1 aliphatic carbocycles. The van der Waals surface area contributed by atoms with E-state index in [9.17, 15) is 26.3 Å². The first-order valence-electron chi connectivity index (χ1n) is 11.4. The first-order chi connectivity index (χ1) is 16.9. The Morgan fingerprint density at radius 2 is 1.61 bits per heavy atom. The van der Waals surface area contributed by atoms with E-state index < -0.39 is 29.8 Å². The van der Waals surface area contributed by atoms with Crippen LogP contribution in [0.4, 0.5) is 26.3 Å². The summed E-state index contributed by atoms with van der Waals surface area (Å²) in [6, 6.07) is 5.37. The van der Waals surface area contributed by atoms with Crippen molar-refractivity contribution in [1.82, 2.24) is 10.0 Å². The number of aromatic nitrogens is 1. The van der Waals surface area contributed by atoms with Crippen LogP contribution in [0.25, 0.3) is 0 Å². The van der Waals surface area contributed by atoms with Crippen LogP contribution in [-0.2, 0) is 28.4 Å². The molecule has 2 fully saturated rings. The minimum absolute atomic E-state index is 0.0236. The fourth-order valence-electron chi connectivity index (χ4n) is 4.53. The smallest absolute Gasteiger partial charge is 0.417 e. The minimum atomic E-state index is -4.51. The van der Waals surface area contributed by atoms with Gasteiger partial charge in [0.25, 0.3) is 0 Å². The average Bonchev–Trinajstić information content (AvgIpc) is 3.04. The highest BCUT2D eigenvalue weighted by Crippen LogP contribution is 2.40. The number of ether oxygens (including phenoxy) is 3. The molecule has 1 saturated heterocycles. The van der Waals surface area contributed by atoms with Gasteiger partial charge in [0, 0.05) is 49.9 Å². The summed E-state index contributed by atoms with van der Waals surface area (Å²) in [4.78, 5) is 9.80. The standard InChI is InChI=1S/C24H26F6N2O4/c1-14(33-2)34-13-17-9-18(23(25,26)27)5-7-20(17)36-32-11-15-3-4-16(12-32)22(15)35-21-8-6-19(10-31-21)24(28,29)30/h5-10,14-16,22H,3-4,11-13H2,1-2H3/t14?,15-,16-/m1/s1. The van der Waals surface area contributed by atoms with Crippen LogP contribution < -0.4 is 9.57 Å². The Morgan fingerprint density at radius 3 is 2.17 bits per heavy atom. The third-order valence-electron chi connectivity index (χ3n) is 6.46. The lowest BCUT2D eigenvalue weighted by Crippen LogP contribution is -2.48. The molecule has 0 N–H and O–H groups in total. The number of halogens is 6. The van der Waals surface area contributed by atoms with E-state index in [4.69, 9.17) is 19.0 Å². The molecule has 0 radical (unpaired) electrons. The topological polar surface area (TPSA) is 53.0 Å². The lowest BCUT2D eigenvalue weighted by atomic mass is 9.96. The number of rotatable bonds is 8. The van der Waals surface area contributed by atoms with E-state index in [2.05, 4.69) is 4.98 Å². The zero-order valence-corrected chi connectivity index (χ0v) is 19.6. The highest BCUT2D eigenvalue weighted by Gasteiger charge is 2.45. The first kappa shape index (κ1) is 26.5. The van der Waals surface area contributed by atoms with Crippen molar-refractivity contribution in [2.75, 3.05) is 20.2 Å². The lowest BCUT2D eigenvalue weighted by Gasteiger charge is -2.37. The average molecular weight is 520 g/mol. The van der Waals surface area contributed by atoms with E-state index in [-0.39, 0.29) is 41.7 Å². The van der Waals surface area contributed by atoms with Gasteiger partial charge in [0.15, 0.2) is 12.0 Å². The van der Waals surface area contributed by atoms with Crippen LogP contribution in [0.15, 0.2) is 36.5 Å². The number of hydroxylamine groups is 2. The van der Waals surface area contributed by atoms with Crippen molar-refractivity contribution in [2.45, 2.75) is 51.1 Å². The highest BCUT2D eigenvalue weighted by molar-refractivity contribution is 5.38. The van der Waals surface area contributed by atoms with Gasteiger partial charge in [0.2, 0.25) is 5.88 Å². The first-order valence-corrected chi connectivity index (χ1v) is 11.4. The van der Waals surface area contributed by atoms with Crippen molar-refractivity contribution in [3.8, 4) is 11.6 Å². The Morgan fingerprint density at radius 1 is 0.972 bits per heavy atom. The Kier molecular flexibility index (Phi) is 7.67. The van der Waals surface area contributed by atoms with Gasteiger partial charge >= 0.3 is 12.4 Å². The van der Waals surface area contributed by atoms with E-state index in [1.165, 1.54) is 19.2 Å². The molecule has 0 spiro atoms. The number of nitrogens with zero attached hydrogens (tertiary/aromatic N) is 2. The Balaban J connectivity index is 1.43. The third-order valence-corrected chi connectivity index (χ3v) is 6.46. The number of benzene rings is 1. The van der Waals surface area contributed by atoms with E-state index in [1.54, 1.807) is 12.0 Å². The Bertz CT molecular complexity index is 1020. The molecule has 36 heavy (non-hydrogen) atoms. The van der Waals surface area contributed by atoms with Gasteiger partial charge in [0.1, 0.15) is 6.10 Å². The van der Waals surface area contributed by atoms with Gasteiger partial charge < -0.3 is 19.0 Å². The zero-order chi connectivity index (χ0) is 26.1. The molecule has 4 rings (SSSR count). The van der Waals surface area contributed by atoms with Crippen molar-refractivity contribution >= 4 is 0 Å². The molecular formula is C24H26F6N2O4. The predicted octanol–water partition coefficient (Wildman–Crippen LogP) is 5.71. The lowest BCUT2D eigenvalue weighted by molar-refractivity contribution is -0.139. The molecule has 2 heterocycles. The van der Waals surface area contributed by atoms with Crippen molar-refractivity contribution in [2.24, 2.45) is 11.8 Å². The number of fused-ring (bicyclic) bond motifs is 2. The van der Waals surface area contributed by atoms with Crippen LogP contribution in [0.1, 0.15) is 36.5 Å². The van der Waals surface area contributed by atoms with E-state index in [0.29, 0.717) is 13.1 Å². The summed E-state index contributed by atoms with van der Waals surface area (Å²) in [7, 11) is 1.43. The molecule has 1 aromatic carbocycles. The third kappa shape index (κ3) is 6.22. The molecule has 12 heteroatoms. The van der Waals surface area contributed by atoms with Crippen LogP contribution >= 0.6 is 0 Å². The monoisotopic (exact) mass is 520 g/mol. The second kappa shape index (κ2) is 10.4. The molecule has 1 saturated carbocycles. The summed E-state index contributed by atoms with van der Waals surface area (Å²) < 4.78 is 94.5. The van der Waals surface area contributed by atoms with Crippen LogP contribution in [0.5, 0.6) is 11.6 Å². The Hall–Kier alpha value is -2.57. The van der Waals surface area contributed by atoms with Gasteiger partial charge in [-0.3, -0.25) is 0 Å². The molecule has 2 bridgehead atoms. The quantitative estimate of drug-likeness (QED) is 0.328. The van der Waals surface area contributed by atoms with Gasteiger partial charge in [-0.05, 0) is 44.0 Å². The van der Waals surface area contributed by atoms with Crippen LogP contribution in [0.3, 0.4) is 0 Å². The summed E-state index contributed by atoms with van der Waals surface area (Å²) in [6.07, 6.45) is -7.46. The molecule has 6 nitrogen and oxygen atoms in total. The number of piperidine rings is 1. The molecule has 1 aliphatic heterocycles. The van der Waals surface area contributed by atoms with Crippen molar-refractivity contribution < 1.29 is 45.4 Å². The van der Waals surface area contributed by atoms with E-state index >= 15 is 0 Å². The van der Waals surface area contributed by atoms with Gasteiger partial charge in [-0.2, -0.15) is 26.3 Å². The molecule has 198 valence electrons. The maximum atomic E-state index is 13.2. The number of alkyl halides is 6. The summed E-state index contributed by atoms with van der Waals surface area (Å²) in [6.45, 7) is 2.37. The molecule has 0 amide bonds. The van der Waals surface area contributed by atoms with E-state index in [0.717, 1.165) is 37.2 Å². The Labute approximate surface area is 204 Å². The second-order valence-corrected chi connectivity index (χ2v) is 8.94. The van der Waals surface area contributed by atoms with Gasteiger partial charge in [-0.15, -0.1) is 5.06 Å². The molecular weight excluding hydrogens is 494 g/mol. The van der Waals surface area contributed by atoms with Crippen LogP contribution in [0, 0.1) is 11.8 Å². The van der Waals surface area contributed by atoms with Crippen LogP contribution in [-0.4, -0.2) is 42.6 Å². The molecule has 2 aromatic rings. The number of hydrogen-bond acceptors (Lipinski definition) is 6. The summed E-state index contributed by atoms with van der Waals surface area (Å²) >= 11 is 0.